The number of carbonyl (C=O) groups excluding carboxylic acids is 2. The summed E-state index contributed by atoms with van der Waals surface area (Å²) in [6.45, 7) is 0. The van der Waals surface area contributed by atoms with Gasteiger partial charge in [-0.15, -0.1) is 0 Å². The van der Waals surface area contributed by atoms with E-state index in [1.807, 2.05) is 0 Å². The summed E-state index contributed by atoms with van der Waals surface area (Å²) >= 11 is 0. The van der Waals surface area contributed by atoms with Crippen molar-refractivity contribution in [2.24, 2.45) is 0 Å². The lowest BCUT2D eigenvalue weighted by Crippen LogP contribution is -1.97. The first-order chi connectivity index (χ1) is 16.8. The van der Waals surface area contributed by atoms with E-state index in [1.165, 1.54) is 109 Å². The molecule has 0 atom stereocenters. The Kier molecular flexibility index (Phi) is 22.6. The Bertz CT molecular complexity index is 531. The third kappa shape index (κ3) is 22.6. The van der Waals surface area contributed by atoms with Gasteiger partial charge in [0, 0.05) is 25.7 Å². The van der Waals surface area contributed by atoms with Gasteiger partial charge in [0.25, 0.3) is 0 Å². The van der Waals surface area contributed by atoms with Crippen LogP contribution in [0.2, 0.25) is 0 Å². The lowest BCUT2D eigenvalue weighted by Gasteiger charge is -2.03. The molecule has 2 aliphatic carbocycles. The van der Waals surface area contributed by atoms with Crippen LogP contribution in [0.5, 0.6) is 0 Å². The molecule has 2 aliphatic rings. The van der Waals surface area contributed by atoms with E-state index in [0.717, 1.165) is 57.8 Å². The zero-order chi connectivity index (χ0) is 24.4. The molecule has 0 amide bonds. The third-order valence-electron chi connectivity index (χ3n) is 7.14. The molecule has 0 fully saturated rings. The van der Waals surface area contributed by atoms with Gasteiger partial charge in [-0.05, 0) is 70.6 Å². The molecular weight excluding hydrogens is 416 g/mol. The quantitative estimate of drug-likeness (QED) is 0.328. The fourth-order valence-corrected chi connectivity index (χ4v) is 4.84. The summed E-state index contributed by atoms with van der Waals surface area (Å²) < 4.78 is 0. The van der Waals surface area contributed by atoms with Crippen molar-refractivity contribution < 1.29 is 9.59 Å². The highest BCUT2D eigenvalue weighted by molar-refractivity contribution is 5.78. The van der Waals surface area contributed by atoms with Crippen LogP contribution in [0.1, 0.15) is 167 Å². The molecule has 34 heavy (non-hydrogen) atoms. The van der Waals surface area contributed by atoms with Gasteiger partial charge < -0.3 is 0 Å². The van der Waals surface area contributed by atoms with Gasteiger partial charge in [0.1, 0.15) is 11.6 Å². The van der Waals surface area contributed by atoms with E-state index in [2.05, 4.69) is 24.3 Å². The Hall–Kier alpha value is -1.18. The Balaban J connectivity index is 0.000000340. The number of hydrogen-bond donors (Lipinski definition) is 0. The molecule has 0 aromatic heterocycles. The number of ketones is 2. The van der Waals surface area contributed by atoms with E-state index in [9.17, 15) is 9.59 Å². The van der Waals surface area contributed by atoms with E-state index in [-0.39, 0.29) is 0 Å². The van der Waals surface area contributed by atoms with Crippen LogP contribution in [-0.2, 0) is 9.59 Å². The molecule has 0 unspecified atom stereocenters. The molecule has 0 saturated heterocycles. The van der Waals surface area contributed by atoms with Gasteiger partial charge in [0.15, 0.2) is 0 Å². The van der Waals surface area contributed by atoms with E-state index < -0.39 is 0 Å². The Morgan fingerprint density at radius 2 is 0.529 bits per heavy atom. The predicted molar refractivity (Wildman–Crippen MR) is 148 cm³/mol. The largest absolute Gasteiger partial charge is 0.300 e. The average molecular weight is 473 g/mol. The van der Waals surface area contributed by atoms with E-state index in [1.54, 1.807) is 0 Å². The molecule has 0 aromatic carbocycles. The van der Waals surface area contributed by atoms with Crippen LogP contribution in [-0.4, -0.2) is 11.6 Å². The van der Waals surface area contributed by atoms with Gasteiger partial charge in [-0.2, -0.15) is 0 Å². The lowest BCUT2D eigenvalue weighted by atomic mass is 10.0. The lowest BCUT2D eigenvalue weighted by molar-refractivity contribution is -0.120. The molecule has 2 heteroatoms. The topological polar surface area (TPSA) is 34.1 Å². The van der Waals surface area contributed by atoms with Gasteiger partial charge in [-0.25, -0.2) is 0 Å². The molecular formula is C32H56O2. The molecule has 0 N–H and O–H groups in total. The van der Waals surface area contributed by atoms with Crippen molar-refractivity contribution in [3.63, 3.8) is 0 Å². The summed E-state index contributed by atoms with van der Waals surface area (Å²) in [5, 5.41) is 0. The molecule has 0 spiro atoms. The van der Waals surface area contributed by atoms with Crippen molar-refractivity contribution in [3.05, 3.63) is 24.3 Å². The second kappa shape index (κ2) is 24.9. The number of carbonyl (C=O) groups is 2. The Morgan fingerprint density at radius 1 is 0.294 bits per heavy atom. The van der Waals surface area contributed by atoms with Crippen LogP contribution in [0.25, 0.3) is 0 Å². The summed E-state index contributed by atoms with van der Waals surface area (Å²) in [7, 11) is 0. The Morgan fingerprint density at radius 3 is 0.882 bits per heavy atom. The summed E-state index contributed by atoms with van der Waals surface area (Å²) in [4.78, 5) is 23.1. The molecule has 2 rings (SSSR count). The molecule has 0 aliphatic heterocycles. The van der Waals surface area contributed by atoms with Crippen LogP contribution in [0.3, 0.4) is 0 Å². The molecule has 0 bridgehead atoms. The number of rotatable bonds is 0. The maximum atomic E-state index is 11.6. The molecule has 0 heterocycles. The van der Waals surface area contributed by atoms with Crippen molar-refractivity contribution in [1.82, 2.24) is 0 Å². The first-order valence-corrected chi connectivity index (χ1v) is 15.1. The maximum Gasteiger partial charge on any atom is 0.132 e. The normalized spacial score (nSPS) is 24.4. The number of allylic oxidation sites excluding steroid dienone is 4. The minimum atomic E-state index is 0.477. The molecule has 2 nitrogen and oxygen atoms in total. The van der Waals surface area contributed by atoms with Gasteiger partial charge >= 0.3 is 0 Å². The van der Waals surface area contributed by atoms with Crippen molar-refractivity contribution in [1.29, 1.82) is 0 Å². The SMILES string of the molecule is O=C1CCC/C=C\CCCCCCCCCC1.O=C1CCCCCC/C=C/CCCCCCC1. The zero-order valence-corrected chi connectivity index (χ0v) is 22.5. The van der Waals surface area contributed by atoms with E-state index in [4.69, 9.17) is 0 Å². The molecule has 196 valence electrons. The maximum absolute atomic E-state index is 11.6. The first-order valence-electron chi connectivity index (χ1n) is 15.1. The van der Waals surface area contributed by atoms with E-state index in [0.29, 0.717) is 11.6 Å². The minimum absolute atomic E-state index is 0.477. The van der Waals surface area contributed by atoms with E-state index >= 15 is 0 Å². The minimum Gasteiger partial charge on any atom is -0.300 e. The smallest absolute Gasteiger partial charge is 0.132 e. The van der Waals surface area contributed by atoms with Gasteiger partial charge in [0.2, 0.25) is 0 Å². The summed E-state index contributed by atoms with van der Waals surface area (Å²) in [5.41, 5.74) is 0. The highest BCUT2D eigenvalue weighted by atomic mass is 16.1. The van der Waals surface area contributed by atoms with Gasteiger partial charge in [0.05, 0.1) is 0 Å². The summed E-state index contributed by atoms with van der Waals surface area (Å²) in [6.07, 6.45) is 40.2. The van der Waals surface area contributed by atoms with Crippen LogP contribution in [0.4, 0.5) is 0 Å². The third-order valence-corrected chi connectivity index (χ3v) is 7.14. The van der Waals surface area contributed by atoms with Crippen molar-refractivity contribution in [2.45, 2.75) is 167 Å². The Labute approximate surface area is 212 Å². The van der Waals surface area contributed by atoms with Crippen LogP contribution in [0, 0.1) is 0 Å². The second-order valence-electron chi connectivity index (χ2n) is 10.5. The van der Waals surface area contributed by atoms with Gasteiger partial charge in [-0.1, -0.05) is 94.9 Å². The van der Waals surface area contributed by atoms with Crippen LogP contribution in [0.15, 0.2) is 24.3 Å². The van der Waals surface area contributed by atoms with Crippen molar-refractivity contribution in [3.8, 4) is 0 Å². The first kappa shape index (κ1) is 30.9. The fraction of sp³-hybridized carbons (Fsp3) is 0.812. The van der Waals surface area contributed by atoms with Crippen LogP contribution < -0.4 is 0 Å². The monoisotopic (exact) mass is 472 g/mol. The van der Waals surface area contributed by atoms with Crippen molar-refractivity contribution >= 4 is 11.6 Å². The highest BCUT2D eigenvalue weighted by Gasteiger charge is 2.03. The average Bonchev–Trinajstić information content (AvgIpc) is 2.83. The van der Waals surface area contributed by atoms with Crippen LogP contribution >= 0.6 is 0 Å². The van der Waals surface area contributed by atoms with Crippen molar-refractivity contribution in [2.75, 3.05) is 0 Å². The number of Topliss-reactive ketones (excluding diaryl/α,β-unsaturated/α-hetero) is 2. The standard InChI is InChI=1S/2C16H28O/c2*17-16-14-12-10-8-6-4-2-1-3-5-7-9-11-13-15-16/h6,8H,1-5,7,9-15H2;1-2H,3-15H2/b8-6-;2-1+. The zero-order valence-electron chi connectivity index (χ0n) is 22.5. The number of hydrogen-bond acceptors (Lipinski definition) is 2. The predicted octanol–water partition coefficient (Wildman–Crippen LogP) is 10.4. The molecule has 0 saturated carbocycles. The summed E-state index contributed by atoms with van der Waals surface area (Å²) in [5.74, 6) is 0.975. The fourth-order valence-electron chi connectivity index (χ4n) is 4.84. The second-order valence-corrected chi connectivity index (χ2v) is 10.5. The highest BCUT2D eigenvalue weighted by Crippen LogP contribution is 2.14. The van der Waals surface area contributed by atoms with Gasteiger partial charge in [-0.3, -0.25) is 9.59 Å². The molecule has 0 radical (unpaired) electrons. The molecule has 0 aromatic rings. The summed E-state index contributed by atoms with van der Waals surface area (Å²) in [6, 6.07) is 0.